The summed E-state index contributed by atoms with van der Waals surface area (Å²) in [5, 5.41) is 5.76. The highest BCUT2D eigenvalue weighted by atomic mass is 16.5. The van der Waals surface area contributed by atoms with E-state index in [-0.39, 0.29) is 12.6 Å². The molecule has 32 heavy (non-hydrogen) atoms. The Morgan fingerprint density at radius 2 is 1.81 bits per heavy atom. The number of carbonyl (C=O) groups excluding carboxylic acids is 2. The summed E-state index contributed by atoms with van der Waals surface area (Å²) in [7, 11) is 0. The maximum absolute atomic E-state index is 12.9. The Morgan fingerprint density at radius 3 is 2.50 bits per heavy atom. The number of piperazine rings is 1. The lowest BCUT2D eigenvalue weighted by Crippen LogP contribution is -2.51. The van der Waals surface area contributed by atoms with Crippen molar-refractivity contribution in [2.75, 3.05) is 44.2 Å². The van der Waals surface area contributed by atoms with Gasteiger partial charge in [-0.3, -0.25) is 4.90 Å². The highest BCUT2D eigenvalue weighted by Crippen LogP contribution is 2.28. The normalized spacial score (nSPS) is 19.4. The molecule has 0 aromatic heterocycles. The van der Waals surface area contributed by atoms with Crippen molar-refractivity contribution in [2.24, 2.45) is 0 Å². The van der Waals surface area contributed by atoms with Crippen molar-refractivity contribution in [2.45, 2.75) is 19.9 Å². The van der Waals surface area contributed by atoms with Crippen LogP contribution >= 0.6 is 0 Å². The molecule has 1 saturated heterocycles. The zero-order chi connectivity index (χ0) is 22.5. The first-order chi connectivity index (χ1) is 15.5. The molecule has 2 aliphatic heterocycles. The number of urea groups is 1. The van der Waals surface area contributed by atoms with E-state index in [4.69, 9.17) is 4.74 Å². The molecule has 0 saturated carbocycles. The predicted octanol–water partition coefficient (Wildman–Crippen LogP) is 2.99. The molecule has 0 bridgehead atoms. The lowest BCUT2D eigenvalue weighted by Gasteiger charge is -2.38. The van der Waals surface area contributed by atoms with E-state index in [2.05, 4.69) is 51.6 Å². The summed E-state index contributed by atoms with van der Waals surface area (Å²) in [4.78, 5) is 30.0. The first kappa shape index (κ1) is 21.9. The zero-order valence-electron chi connectivity index (χ0n) is 18.6. The van der Waals surface area contributed by atoms with Crippen LogP contribution < -0.4 is 15.5 Å². The Bertz CT molecular complexity index is 997. The summed E-state index contributed by atoms with van der Waals surface area (Å²) in [6.07, 6.45) is 0. The van der Waals surface area contributed by atoms with Crippen molar-refractivity contribution in [3.63, 3.8) is 0 Å². The van der Waals surface area contributed by atoms with Crippen LogP contribution in [0.25, 0.3) is 0 Å². The van der Waals surface area contributed by atoms with Crippen LogP contribution in [-0.2, 0) is 9.53 Å². The molecular weight excluding hydrogens is 404 g/mol. The lowest BCUT2D eigenvalue weighted by molar-refractivity contribution is -0.139. The number of hydrogen-bond donors (Lipinski definition) is 2. The number of ether oxygens (including phenoxy) is 1. The number of esters is 1. The van der Waals surface area contributed by atoms with E-state index in [0.717, 1.165) is 31.7 Å². The third-order valence-electron chi connectivity index (χ3n) is 5.90. The molecule has 0 radical (unpaired) electrons. The number of amides is 2. The van der Waals surface area contributed by atoms with Crippen molar-refractivity contribution in [3.05, 3.63) is 77.0 Å². The molecule has 0 spiro atoms. The van der Waals surface area contributed by atoms with Crippen LogP contribution in [0.3, 0.4) is 0 Å². The minimum atomic E-state index is -0.535. The van der Waals surface area contributed by atoms with E-state index in [1.54, 1.807) is 6.92 Å². The smallest absolute Gasteiger partial charge is 0.338 e. The van der Waals surface area contributed by atoms with Crippen LogP contribution in [0.2, 0.25) is 0 Å². The molecule has 2 heterocycles. The summed E-state index contributed by atoms with van der Waals surface area (Å²) in [6.45, 7) is 8.12. The van der Waals surface area contributed by atoms with E-state index >= 15 is 0 Å². The van der Waals surface area contributed by atoms with Crippen LogP contribution in [0.1, 0.15) is 24.1 Å². The third kappa shape index (κ3) is 4.94. The maximum Gasteiger partial charge on any atom is 0.338 e. The van der Waals surface area contributed by atoms with Gasteiger partial charge in [0.15, 0.2) is 0 Å². The molecule has 7 nitrogen and oxygen atoms in total. The third-order valence-corrected chi connectivity index (χ3v) is 5.90. The van der Waals surface area contributed by atoms with Crippen molar-refractivity contribution < 1.29 is 14.3 Å². The molecule has 4 rings (SSSR count). The Kier molecular flexibility index (Phi) is 6.75. The van der Waals surface area contributed by atoms with Crippen molar-refractivity contribution in [1.82, 2.24) is 15.5 Å². The molecule has 7 heteroatoms. The highest BCUT2D eigenvalue weighted by Gasteiger charge is 2.34. The van der Waals surface area contributed by atoms with Gasteiger partial charge in [-0.1, -0.05) is 42.5 Å². The number of rotatable bonds is 6. The number of anilines is 1. The fourth-order valence-electron chi connectivity index (χ4n) is 4.30. The summed E-state index contributed by atoms with van der Waals surface area (Å²) in [5.41, 5.74) is 4.42. The molecule has 2 aromatic carbocycles. The van der Waals surface area contributed by atoms with Gasteiger partial charge < -0.3 is 20.3 Å². The molecule has 1 fully saturated rings. The van der Waals surface area contributed by atoms with Crippen molar-refractivity contribution >= 4 is 17.7 Å². The van der Waals surface area contributed by atoms with Gasteiger partial charge >= 0.3 is 12.0 Å². The Balaban J connectivity index is 1.54. The molecular formula is C25H30N4O3. The van der Waals surface area contributed by atoms with Gasteiger partial charge in [0.25, 0.3) is 0 Å². The molecule has 0 aliphatic carbocycles. The van der Waals surface area contributed by atoms with Crippen LogP contribution in [0, 0.1) is 6.92 Å². The quantitative estimate of drug-likeness (QED) is 0.684. The first-order valence-electron chi connectivity index (χ1n) is 11.1. The van der Waals surface area contributed by atoms with Gasteiger partial charge in [0.1, 0.15) is 0 Å². The fourth-order valence-corrected chi connectivity index (χ4v) is 4.30. The van der Waals surface area contributed by atoms with Gasteiger partial charge in [-0.15, -0.1) is 0 Å². The van der Waals surface area contributed by atoms with E-state index in [1.165, 1.54) is 11.3 Å². The molecule has 2 amide bonds. The monoisotopic (exact) mass is 434 g/mol. The molecule has 2 N–H and O–H groups in total. The predicted molar refractivity (Wildman–Crippen MR) is 124 cm³/mol. The molecule has 1 atom stereocenters. The van der Waals surface area contributed by atoms with Crippen molar-refractivity contribution in [1.29, 1.82) is 0 Å². The molecule has 2 aliphatic rings. The minimum Gasteiger partial charge on any atom is -0.463 e. The summed E-state index contributed by atoms with van der Waals surface area (Å²) in [5.74, 6) is -0.401. The van der Waals surface area contributed by atoms with Crippen LogP contribution in [0.5, 0.6) is 0 Å². The SMILES string of the molecule is CCOC(=O)C1=C(CN2CCN(c3cccc(C)c3)CC2)NC(=O)NC1c1ccccc1. The molecule has 2 aromatic rings. The van der Waals surface area contributed by atoms with Crippen LogP contribution in [-0.4, -0.2) is 56.2 Å². The number of carbonyl (C=O) groups is 2. The van der Waals surface area contributed by atoms with Gasteiger partial charge in [0.05, 0.1) is 18.2 Å². The highest BCUT2D eigenvalue weighted by molar-refractivity contribution is 5.95. The minimum absolute atomic E-state index is 0.278. The number of aryl methyl sites for hydroxylation is 1. The second-order valence-corrected chi connectivity index (χ2v) is 8.16. The molecule has 168 valence electrons. The Morgan fingerprint density at radius 1 is 1.06 bits per heavy atom. The maximum atomic E-state index is 12.9. The molecule has 1 unspecified atom stereocenters. The number of nitrogens with one attached hydrogen (secondary N) is 2. The second-order valence-electron chi connectivity index (χ2n) is 8.16. The second kappa shape index (κ2) is 9.87. The zero-order valence-corrected chi connectivity index (χ0v) is 18.6. The lowest BCUT2D eigenvalue weighted by atomic mass is 9.95. The van der Waals surface area contributed by atoms with Gasteiger partial charge in [0, 0.05) is 44.1 Å². The number of benzene rings is 2. The number of hydrogen-bond acceptors (Lipinski definition) is 5. The average Bonchev–Trinajstić information content (AvgIpc) is 2.80. The van der Waals surface area contributed by atoms with Gasteiger partial charge in [-0.2, -0.15) is 0 Å². The topological polar surface area (TPSA) is 73.9 Å². The van der Waals surface area contributed by atoms with E-state index in [0.29, 0.717) is 17.8 Å². The van der Waals surface area contributed by atoms with Crippen LogP contribution in [0.4, 0.5) is 10.5 Å². The summed E-state index contributed by atoms with van der Waals surface area (Å²) < 4.78 is 5.36. The average molecular weight is 435 g/mol. The van der Waals surface area contributed by atoms with E-state index in [9.17, 15) is 9.59 Å². The number of nitrogens with zero attached hydrogens (tertiary/aromatic N) is 2. The summed E-state index contributed by atoms with van der Waals surface area (Å²) >= 11 is 0. The Labute approximate surface area is 189 Å². The summed E-state index contributed by atoms with van der Waals surface area (Å²) in [6, 6.07) is 17.2. The van der Waals surface area contributed by atoms with Crippen LogP contribution in [0.15, 0.2) is 65.9 Å². The first-order valence-corrected chi connectivity index (χ1v) is 11.1. The van der Waals surface area contributed by atoms with Gasteiger partial charge in [0.2, 0.25) is 0 Å². The van der Waals surface area contributed by atoms with Gasteiger partial charge in [-0.25, -0.2) is 9.59 Å². The Hall–Kier alpha value is -3.32. The van der Waals surface area contributed by atoms with Crippen molar-refractivity contribution in [3.8, 4) is 0 Å². The fraction of sp³-hybridized carbons (Fsp3) is 0.360. The standard InChI is InChI=1S/C25H30N4O3/c1-3-32-24(30)22-21(26-25(31)27-23(22)19-9-5-4-6-10-19)17-28-12-14-29(15-13-28)20-11-7-8-18(2)16-20/h4-11,16,23H,3,12-15,17H2,1-2H3,(H2,26,27,31). The van der Waals surface area contributed by atoms with E-state index < -0.39 is 12.0 Å². The largest absolute Gasteiger partial charge is 0.463 e. The van der Waals surface area contributed by atoms with E-state index in [1.807, 2.05) is 30.3 Å². The van der Waals surface area contributed by atoms with Gasteiger partial charge in [-0.05, 0) is 37.1 Å².